The van der Waals surface area contributed by atoms with Crippen LogP contribution >= 0.6 is 11.8 Å². The van der Waals surface area contributed by atoms with Crippen molar-refractivity contribution in [3.8, 4) is 0 Å². The standard InChI is InChI=1S/C14H29N3S/c1-5-13-11-17(9-10-18-13)14(15-6-2)16-8-7-12(3)4/h12-13H,5-11H2,1-4H3,(H,15,16). The van der Waals surface area contributed by atoms with Gasteiger partial charge >= 0.3 is 0 Å². The Morgan fingerprint density at radius 3 is 2.83 bits per heavy atom. The largest absolute Gasteiger partial charge is 0.357 e. The number of hydrogen-bond donors (Lipinski definition) is 1. The van der Waals surface area contributed by atoms with Crippen LogP contribution in [0.3, 0.4) is 0 Å². The zero-order valence-electron chi connectivity index (χ0n) is 12.4. The molecule has 1 saturated heterocycles. The van der Waals surface area contributed by atoms with Gasteiger partial charge in [0.2, 0.25) is 0 Å². The van der Waals surface area contributed by atoms with Crippen molar-refractivity contribution in [2.75, 3.05) is 31.9 Å². The Balaban J connectivity index is 2.53. The van der Waals surface area contributed by atoms with Gasteiger partial charge in [-0.15, -0.1) is 0 Å². The fraction of sp³-hybridized carbons (Fsp3) is 0.929. The molecule has 0 aromatic carbocycles. The zero-order chi connectivity index (χ0) is 13.4. The lowest BCUT2D eigenvalue weighted by atomic mass is 10.1. The number of hydrogen-bond acceptors (Lipinski definition) is 2. The van der Waals surface area contributed by atoms with E-state index in [0.717, 1.165) is 43.3 Å². The molecule has 0 radical (unpaired) electrons. The van der Waals surface area contributed by atoms with E-state index in [1.807, 2.05) is 0 Å². The molecular formula is C14H29N3S. The number of nitrogens with one attached hydrogen (secondary N) is 1. The molecule has 1 atom stereocenters. The Kier molecular flexibility index (Phi) is 7.56. The van der Waals surface area contributed by atoms with Crippen LogP contribution in [0.1, 0.15) is 40.5 Å². The summed E-state index contributed by atoms with van der Waals surface area (Å²) in [7, 11) is 0. The summed E-state index contributed by atoms with van der Waals surface area (Å²) >= 11 is 2.11. The van der Waals surface area contributed by atoms with E-state index < -0.39 is 0 Å². The highest BCUT2D eigenvalue weighted by atomic mass is 32.2. The summed E-state index contributed by atoms with van der Waals surface area (Å²) in [5.41, 5.74) is 0. The smallest absolute Gasteiger partial charge is 0.193 e. The highest BCUT2D eigenvalue weighted by Gasteiger charge is 2.21. The molecule has 1 aliphatic heterocycles. The van der Waals surface area contributed by atoms with Crippen LogP contribution in [0.5, 0.6) is 0 Å². The molecule has 0 spiro atoms. The topological polar surface area (TPSA) is 27.6 Å². The summed E-state index contributed by atoms with van der Waals surface area (Å²) in [6.45, 7) is 13.1. The van der Waals surface area contributed by atoms with Crippen molar-refractivity contribution in [2.24, 2.45) is 10.9 Å². The van der Waals surface area contributed by atoms with Crippen LogP contribution in [0.4, 0.5) is 0 Å². The quantitative estimate of drug-likeness (QED) is 0.615. The molecule has 0 aliphatic carbocycles. The second kappa shape index (κ2) is 8.68. The van der Waals surface area contributed by atoms with Gasteiger partial charge in [-0.05, 0) is 25.7 Å². The molecule has 1 unspecified atom stereocenters. The van der Waals surface area contributed by atoms with Crippen molar-refractivity contribution in [3.63, 3.8) is 0 Å². The van der Waals surface area contributed by atoms with Gasteiger partial charge < -0.3 is 10.2 Å². The van der Waals surface area contributed by atoms with Gasteiger partial charge in [0.15, 0.2) is 5.96 Å². The maximum atomic E-state index is 4.77. The van der Waals surface area contributed by atoms with Crippen molar-refractivity contribution < 1.29 is 0 Å². The highest BCUT2D eigenvalue weighted by Crippen LogP contribution is 2.21. The lowest BCUT2D eigenvalue weighted by Gasteiger charge is -2.34. The molecule has 1 rings (SSSR count). The first-order valence-corrected chi connectivity index (χ1v) is 8.37. The summed E-state index contributed by atoms with van der Waals surface area (Å²) in [5.74, 6) is 3.08. The Morgan fingerprint density at radius 1 is 1.44 bits per heavy atom. The Bertz CT molecular complexity index is 253. The summed E-state index contributed by atoms with van der Waals surface area (Å²) in [4.78, 5) is 7.21. The van der Waals surface area contributed by atoms with Gasteiger partial charge in [-0.1, -0.05) is 20.8 Å². The van der Waals surface area contributed by atoms with Crippen LogP contribution in [-0.2, 0) is 0 Å². The molecule has 106 valence electrons. The molecule has 0 aromatic rings. The monoisotopic (exact) mass is 271 g/mol. The number of thioether (sulfide) groups is 1. The van der Waals surface area contributed by atoms with E-state index in [9.17, 15) is 0 Å². The van der Waals surface area contributed by atoms with E-state index in [1.165, 1.54) is 18.6 Å². The first kappa shape index (κ1) is 15.7. The van der Waals surface area contributed by atoms with Crippen LogP contribution < -0.4 is 5.32 Å². The van der Waals surface area contributed by atoms with Crippen molar-refractivity contribution >= 4 is 17.7 Å². The summed E-state index contributed by atoms with van der Waals surface area (Å²) in [6.07, 6.45) is 2.43. The molecule has 1 aliphatic rings. The van der Waals surface area contributed by atoms with Crippen molar-refractivity contribution in [1.29, 1.82) is 0 Å². The highest BCUT2D eigenvalue weighted by molar-refractivity contribution is 8.00. The van der Waals surface area contributed by atoms with E-state index in [1.54, 1.807) is 0 Å². The summed E-state index contributed by atoms with van der Waals surface area (Å²) in [6, 6.07) is 0. The van der Waals surface area contributed by atoms with E-state index >= 15 is 0 Å². The van der Waals surface area contributed by atoms with Crippen LogP contribution in [0.25, 0.3) is 0 Å². The lowest BCUT2D eigenvalue weighted by Crippen LogP contribution is -2.48. The molecule has 4 heteroatoms. The zero-order valence-corrected chi connectivity index (χ0v) is 13.2. The van der Waals surface area contributed by atoms with Gasteiger partial charge in [0.25, 0.3) is 0 Å². The molecule has 3 nitrogen and oxygen atoms in total. The molecule has 0 saturated carbocycles. The van der Waals surface area contributed by atoms with E-state index in [-0.39, 0.29) is 0 Å². The number of rotatable bonds is 5. The average Bonchev–Trinajstić information content (AvgIpc) is 2.37. The molecule has 18 heavy (non-hydrogen) atoms. The maximum absolute atomic E-state index is 4.77. The third kappa shape index (κ3) is 5.51. The first-order valence-electron chi connectivity index (χ1n) is 7.32. The van der Waals surface area contributed by atoms with Crippen LogP contribution in [0.2, 0.25) is 0 Å². The van der Waals surface area contributed by atoms with Crippen LogP contribution in [-0.4, -0.2) is 48.0 Å². The molecule has 0 bridgehead atoms. The fourth-order valence-electron chi connectivity index (χ4n) is 2.01. The third-order valence-electron chi connectivity index (χ3n) is 3.20. The van der Waals surface area contributed by atoms with E-state index in [2.05, 4.69) is 49.7 Å². The van der Waals surface area contributed by atoms with Crippen molar-refractivity contribution in [1.82, 2.24) is 10.2 Å². The third-order valence-corrected chi connectivity index (χ3v) is 4.57. The Labute approximate surface area is 117 Å². The van der Waals surface area contributed by atoms with Crippen LogP contribution in [0.15, 0.2) is 4.99 Å². The van der Waals surface area contributed by atoms with Gasteiger partial charge in [-0.3, -0.25) is 4.99 Å². The SMILES string of the molecule is CCNC(=NCCC(C)C)N1CCSC(CC)C1. The summed E-state index contributed by atoms with van der Waals surface area (Å²) in [5, 5.41) is 4.21. The second-order valence-electron chi connectivity index (χ2n) is 5.27. The van der Waals surface area contributed by atoms with Crippen molar-refractivity contribution in [3.05, 3.63) is 0 Å². The molecular weight excluding hydrogens is 242 g/mol. The predicted octanol–water partition coefficient (Wildman–Crippen LogP) is 2.83. The van der Waals surface area contributed by atoms with E-state index in [4.69, 9.17) is 4.99 Å². The number of aliphatic imine (C=N–C) groups is 1. The van der Waals surface area contributed by atoms with E-state index in [0.29, 0.717) is 0 Å². The maximum Gasteiger partial charge on any atom is 0.193 e. The van der Waals surface area contributed by atoms with Gasteiger partial charge in [-0.2, -0.15) is 11.8 Å². The van der Waals surface area contributed by atoms with Gasteiger partial charge in [0.05, 0.1) is 0 Å². The van der Waals surface area contributed by atoms with Gasteiger partial charge in [0, 0.05) is 37.2 Å². The Hall–Kier alpha value is -0.380. The molecule has 0 aromatic heterocycles. The summed E-state index contributed by atoms with van der Waals surface area (Å²) < 4.78 is 0. The van der Waals surface area contributed by atoms with Crippen molar-refractivity contribution in [2.45, 2.75) is 45.8 Å². The lowest BCUT2D eigenvalue weighted by molar-refractivity contribution is 0.407. The predicted molar refractivity (Wildman–Crippen MR) is 83.5 cm³/mol. The minimum absolute atomic E-state index is 0.733. The molecule has 1 N–H and O–H groups in total. The van der Waals surface area contributed by atoms with Crippen LogP contribution in [0, 0.1) is 5.92 Å². The average molecular weight is 271 g/mol. The van der Waals surface area contributed by atoms with Gasteiger partial charge in [-0.25, -0.2) is 0 Å². The second-order valence-corrected chi connectivity index (χ2v) is 6.67. The Morgan fingerprint density at radius 2 is 2.22 bits per heavy atom. The molecule has 0 amide bonds. The normalized spacial score (nSPS) is 21.5. The minimum atomic E-state index is 0.733. The number of nitrogens with zero attached hydrogens (tertiary/aromatic N) is 2. The fourth-order valence-corrected chi connectivity index (χ4v) is 3.19. The molecule has 1 heterocycles. The number of guanidine groups is 1. The van der Waals surface area contributed by atoms with Gasteiger partial charge in [0.1, 0.15) is 0 Å². The minimum Gasteiger partial charge on any atom is -0.357 e. The molecule has 1 fully saturated rings. The first-order chi connectivity index (χ1) is 8.67.